The molecule has 2 atom stereocenters. The molecule has 2 aliphatic rings. The molecule has 1 heterocycles. The van der Waals surface area contributed by atoms with E-state index < -0.39 is 0 Å². The van der Waals surface area contributed by atoms with Gasteiger partial charge in [0.1, 0.15) is 0 Å². The summed E-state index contributed by atoms with van der Waals surface area (Å²) in [4.78, 5) is 12.0. The van der Waals surface area contributed by atoms with Gasteiger partial charge in [-0.3, -0.25) is 4.79 Å². The Morgan fingerprint density at radius 3 is 2.56 bits per heavy atom. The maximum atomic E-state index is 12.0. The third kappa shape index (κ3) is 2.97. The molecule has 3 nitrogen and oxygen atoms in total. The molecule has 2 fully saturated rings. The number of hydrogen-bond acceptors (Lipinski definition) is 2. The molecule has 2 unspecified atom stereocenters. The lowest BCUT2D eigenvalue weighted by molar-refractivity contribution is -0.127. The monoisotopic (exact) mass is 225 g/mol. The van der Waals surface area contributed by atoms with Crippen LogP contribution in [0.3, 0.4) is 0 Å². The van der Waals surface area contributed by atoms with Gasteiger partial charge in [0.25, 0.3) is 0 Å². The van der Waals surface area contributed by atoms with Gasteiger partial charge in [-0.1, -0.05) is 19.3 Å². The quantitative estimate of drug-likeness (QED) is 0.800. The largest absolute Gasteiger partial charge is 0.376 e. The maximum absolute atomic E-state index is 12.0. The number of hydrogen-bond donors (Lipinski definition) is 1. The van der Waals surface area contributed by atoms with Gasteiger partial charge >= 0.3 is 0 Å². The van der Waals surface area contributed by atoms with Crippen LogP contribution in [0.4, 0.5) is 0 Å². The van der Waals surface area contributed by atoms with Crippen LogP contribution in [0.1, 0.15) is 51.9 Å². The third-order valence-corrected chi connectivity index (χ3v) is 3.87. The summed E-state index contributed by atoms with van der Waals surface area (Å²) >= 11 is 0. The summed E-state index contributed by atoms with van der Waals surface area (Å²) in [5.41, 5.74) is 0. The predicted octanol–water partition coefficient (Wildman–Crippen LogP) is 2.25. The van der Waals surface area contributed by atoms with E-state index in [2.05, 4.69) is 12.2 Å². The second-order valence-electron chi connectivity index (χ2n) is 5.18. The lowest BCUT2D eigenvalue weighted by atomic mass is 9.88. The molecule has 1 saturated carbocycles. The van der Waals surface area contributed by atoms with Crippen LogP contribution in [0.2, 0.25) is 0 Å². The molecular weight excluding hydrogens is 202 g/mol. The van der Waals surface area contributed by atoms with Gasteiger partial charge in [0.2, 0.25) is 5.91 Å². The van der Waals surface area contributed by atoms with Crippen LogP contribution in [0, 0.1) is 5.92 Å². The van der Waals surface area contributed by atoms with E-state index in [-0.39, 0.29) is 24.0 Å². The second kappa shape index (κ2) is 5.67. The van der Waals surface area contributed by atoms with Crippen molar-refractivity contribution in [2.45, 2.75) is 64.0 Å². The van der Waals surface area contributed by atoms with E-state index in [1.54, 1.807) is 0 Å². The average Bonchev–Trinajstić information content (AvgIpc) is 2.83. The summed E-state index contributed by atoms with van der Waals surface area (Å²) in [7, 11) is 0. The number of amides is 1. The average molecular weight is 225 g/mol. The molecule has 1 aliphatic heterocycles. The van der Waals surface area contributed by atoms with Gasteiger partial charge in [0, 0.05) is 12.5 Å². The van der Waals surface area contributed by atoms with Crippen LogP contribution in [0.15, 0.2) is 0 Å². The van der Waals surface area contributed by atoms with Gasteiger partial charge in [-0.15, -0.1) is 0 Å². The van der Waals surface area contributed by atoms with E-state index in [4.69, 9.17) is 4.74 Å². The topological polar surface area (TPSA) is 38.3 Å². The highest BCUT2D eigenvalue weighted by Gasteiger charge is 2.27. The number of ether oxygens (including phenoxy) is 1. The first-order valence-electron chi connectivity index (χ1n) is 6.69. The SMILES string of the molecule is CC(NC(=O)C1CCCCC1)C1CCCO1. The van der Waals surface area contributed by atoms with Crippen molar-refractivity contribution in [2.24, 2.45) is 5.92 Å². The molecule has 1 saturated heterocycles. The minimum atomic E-state index is 0.178. The molecule has 1 N–H and O–H groups in total. The van der Waals surface area contributed by atoms with Gasteiger partial charge in [0.05, 0.1) is 12.1 Å². The number of nitrogens with one attached hydrogen (secondary N) is 1. The normalized spacial score (nSPS) is 28.9. The van der Waals surface area contributed by atoms with Gasteiger partial charge < -0.3 is 10.1 Å². The Morgan fingerprint density at radius 1 is 1.19 bits per heavy atom. The molecule has 1 aliphatic carbocycles. The van der Waals surface area contributed by atoms with E-state index in [0.717, 1.165) is 32.3 Å². The number of carbonyl (C=O) groups excluding carboxylic acids is 1. The molecule has 0 aromatic rings. The third-order valence-electron chi connectivity index (χ3n) is 3.87. The van der Waals surface area contributed by atoms with Crippen LogP contribution >= 0.6 is 0 Å². The zero-order chi connectivity index (χ0) is 11.4. The van der Waals surface area contributed by atoms with Crippen LogP contribution in [-0.4, -0.2) is 24.7 Å². The molecule has 16 heavy (non-hydrogen) atoms. The van der Waals surface area contributed by atoms with Gasteiger partial charge in [-0.25, -0.2) is 0 Å². The summed E-state index contributed by atoms with van der Waals surface area (Å²) in [6, 6.07) is 0.178. The Balaban J connectivity index is 1.76. The van der Waals surface area contributed by atoms with E-state index in [0.29, 0.717) is 0 Å². The summed E-state index contributed by atoms with van der Waals surface area (Å²) in [6.07, 6.45) is 8.34. The van der Waals surface area contributed by atoms with Gasteiger partial charge in [0.15, 0.2) is 0 Å². The van der Waals surface area contributed by atoms with Crippen LogP contribution in [-0.2, 0) is 9.53 Å². The predicted molar refractivity (Wildman–Crippen MR) is 63.2 cm³/mol. The van der Waals surface area contributed by atoms with E-state index >= 15 is 0 Å². The zero-order valence-corrected chi connectivity index (χ0v) is 10.2. The zero-order valence-electron chi connectivity index (χ0n) is 10.2. The molecule has 1 amide bonds. The highest BCUT2D eigenvalue weighted by atomic mass is 16.5. The van der Waals surface area contributed by atoms with Crippen molar-refractivity contribution < 1.29 is 9.53 Å². The fourth-order valence-electron chi connectivity index (χ4n) is 2.80. The van der Waals surface area contributed by atoms with Crippen LogP contribution in [0.25, 0.3) is 0 Å². The van der Waals surface area contributed by atoms with Gasteiger partial charge in [-0.05, 0) is 32.6 Å². The van der Waals surface area contributed by atoms with Crippen molar-refractivity contribution in [1.29, 1.82) is 0 Å². The molecule has 92 valence electrons. The number of carbonyl (C=O) groups is 1. The lowest BCUT2D eigenvalue weighted by Crippen LogP contribution is -2.44. The molecule has 2 rings (SSSR count). The maximum Gasteiger partial charge on any atom is 0.223 e. The minimum absolute atomic E-state index is 0.178. The summed E-state index contributed by atoms with van der Waals surface area (Å²) in [6.45, 7) is 2.92. The number of rotatable bonds is 3. The van der Waals surface area contributed by atoms with Crippen molar-refractivity contribution >= 4 is 5.91 Å². The first-order chi connectivity index (χ1) is 7.77. The Labute approximate surface area is 97.9 Å². The fraction of sp³-hybridized carbons (Fsp3) is 0.923. The smallest absolute Gasteiger partial charge is 0.223 e. The van der Waals surface area contributed by atoms with Crippen molar-refractivity contribution in [1.82, 2.24) is 5.32 Å². The van der Waals surface area contributed by atoms with Gasteiger partial charge in [-0.2, -0.15) is 0 Å². The van der Waals surface area contributed by atoms with Crippen molar-refractivity contribution in [3.05, 3.63) is 0 Å². The Morgan fingerprint density at radius 2 is 1.94 bits per heavy atom. The Kier molecular flexibility index (Phi) is 4.22. The first kappa shape index (κ1) is 11.9. The summed E-state index contributed by atoms with van der Waals surface area (Å²) in [5, 5.41) is 3.13. The van der Waals surface area contributed by atoms with Crippen molar-refractivity contribution in [3.63, 3.8) is 0 Å². The van der Waals surface area contributed by atoms with E-state index in [9.17, 15) is 4.79 Å². The Hall–Kier alpha value is -0.570. The molecule has 0 radical (unpaired) electrons. The molecule has 0 bridgehead atoms. The highest BCUT2D eigenvalue weighted by molar-refractivity contribution is 5.79. The molecule has 0 spiro atoms. The molecule has 3 heteroatoms. The van der Waals surface area contributed by atoms with Crippen molar-refractivity contribution in [2.75, 3.05) is 6.61 Å². The molecular formula is C13H23NO2. The second-order valence-corrected chi connectivity index (χ2v) is 5.18. The first-order valence-corrected chi connectivity index (χ1v) is 6.69. The minimum Gasteiger partial charge on any atom is -0.376 e. The summed E-state index contributed by atoms with van der Waals surface area (Å²) < 4.78 is 5.59. The van der Waals surface area contributed by atoms with Crippen molar-refractivity contribution in [3.8, 4) is 0 Å². The fourth-order valence-corrected chi connectivity index (χ4v) is 2.80. The van der Waals surface area contributed by atoms with Crippen LogP contribution < -0.4 is 5.32 Å². The van der Waals surface area contributed by atoms with E-state index in [1.165, 1.54) is 19.3 Å². The molecule has 0 aromatic heterocycles. The van der Waals surface area contributed by atoms with Crippen LogP contribution in [0.5, 0.6) is 0 Å². The molecule has 0 aromatic carbocycles. The highest BCUT2D eigenvalue weighted by Crippen LogP contribution is 2.24. The lowest BCUT2D eigenvalue weighted by Gasteiger charge is -2.25. The van der Waals surface area contributed by atoms with E-state index in [1.807, 2.05) is 0 Å². The standard InChI is InChI=1S/C13H23NO2/c1-10(12-8-5-9-16-12)14-13(15)11-6-3-2-4-7-11/h10-12H,2-9H2,1H3,(H,14,15). The summed E-state index contributed by atoms with van der Waals surface area (Å²) in [5.74, 6) is 0.514. The Bertz CT molecular complexity index is 230.